The highest BCUT2D eigenvalue weighted by molar-refractivity contribution is 5.10. The van der Waals surface area contributed by atoms with Crippen LogP contribution in [0.1, 0.15) is 34.1 Å². The zero-order valence-corrected chi connectivity index (χ0v) is 9.88. The molecule has 0 aromatic rings. The van der Waals surface area contributed by atoms with Crippen LogP contribution in [0.3, 0.4) is 0 Å². The molecule has 0 saturated heterocycles. The Hall–Kier alpha value is -0.340. The highest BCUT2D eigenvalue weighted by atomic mass is 16.3. The van der Waals surface area contributed by atoms with Gasteiger partial charge in [-0.05, 0) is 26.2 Å². The molecular weight excluding hydrogens is 174 g/mol. The van der Waals surface area contributed by atoms with Crippen molar-refractivity contribution in [2.24, 2.45) is 5.92 Å². The van der Waals surface area contributed by atoms with Crippen LogP contribution in [0.25, 0.3) is 0 Å². The Labute approximate surface area is 87.6 Å². The van der Waals surface area contributed by atoms with Crippen molar-refractivity contribution >= 4 is 0 Å². The van der Waals surface area contributed by atoms with Crippen molar-refractivity contribution in [3.63, 3.8) is 0 Å². The molecule has 82 valence electrons. The van der Waals surface area contributed by atoms with Crippen LogP contribution in [0.2, 0.25) is 0 Å². The van der Waals surface area contributed by atoms with Crippen LogP contribution < -0.4 is 0 Å². The number of rotatable bonds is 3. The van der Waals surface area contributed by atoms with Gasteiger partial charge in [0.1, 0.15) is 0 Å². The molecule has 1 aliphatic rings. The van der Waals surface area contributed by atoms with Gasteiger partial charge in [-0.3, -0.25) is 4.90 Å². The average molecular weight is 197 g/mol. The molecule has 1 aliphatic heterocycles. The summed E-state index contributed by atoms with van der Waals surface area (Å²) in [6, 6.07) is 0. The van der Waals surface area contributed by atoms with E-state index in [4.69, 9.17) is 0 Å². The van der Waals surface area contributed by atoms with Gasteiger partial charge in [-0.2, -0.15) is 0 Å². The summed E-state index contributed by atoms with van der Waals surface area (Å²) in [5.41, 5.74) is 1.49. The highest BCUT2D eigenvalue weighted by Crippen LogP contribution is 2.23. The number of hydrogen-bond donors (Lipinski definition) is 1. The summed E-state index contributed by atoms with van der Waals surface area (Å²) < 4.78 is 0. The van der Waals surface area contributed by atoms with Crippen LogP contribution in [0.5, 0.6) is 0 Å². The SMILES string of the molecule is CC(C)C1=CCN(C(C)(C)CO)CC1. The smallest absolute Gasteiger partial charge is 0.0610 e. The van der Waals surface area contributed by atoms with E-state index in [0.717, 1.165) is 19.5 Å². The predicted octanol–water partition coefficient (Wildman–Crippen LogP) is 2.05. The Balaban J connectivity index is 2.58. The topological polar surface area (TPSA) is 23.5 Å². The lowest BCUT2D eigenvalue weighted by Gasteiger charge is -2.39. The fraction of sp³-hybridized carbons (Fsp3) is 0.833. The van der Waals surface area contributed by atoms with Crippen LogP contribution in [-0.4, -0.2) is 35.2 Å². The van der Waals surface area contributed by atoms with Crippen LogP contribution in [-0.2, 0) is 0 Å². The van der Waals surface area contributed by atoms with Gasteiger partial charge < -0.3 is 5.11 Å². The second-order valence-electron chi connectivity index (χ2n) is 5.10. The van der Waals surface area contributed by atoms with E-state index in [0.29, 0.717) is 5.92 Å². The maximum Gasteiger partial charge on any atom is 0.0610 e. The molecule has 0 aromatic heterocycles. The number of hydrogen-bond acceptors (Lipinski definition) is 2. The normalized spacial score (nSPS) is 20.0. The summed E-state index contributed by atoms with van der Waals surface area (Å²) in [7, 11) is 0. The van der Waals surface area contributed by atoms with Gasteiger partial charge >= 0.3 is 0 Å². The Morgan fingerprint density at radius 3 is 2.50 bits per heavy atom. The standard InChI is InChI=1S/C12H23NO/c1-10(2)11-5-7-13(8-6-11)12(3,4)9-14/h5,10,14H,6-9H2,1-4H3. The Morgan fingerprint density at radius 2 is 2.14 bits per heavy atom. The summed E-state index contributed by atoms with van der Waals surface area (Å²) in [6.45, 7) is 11.0. The van der Waals surface area contributed by atoms with Crippen molar-refractivity contribution in [3.8, 4) is 0 Å². The van der Waals surface area contributed by atoms with Gasteiger partial charge in [-0.15, -0.1) is 0 Å². The molecule has 0 amide bonds. The summed E-state index contributed by atoms with van der Waals surface area (Å²) in [4.78, 5) is 2.35. The molecule has 0 spiro atoms. The van der Waals surface area contributed by atoms with Crippen molar-refractivity contribution < 1.29 is 5.11 Å². The van der Waals surface area contributed by atoms with Crippen molar-refractivity contribution in [1.82, 2.24) is 4.90 Å². The third-order valence-corrected chi connectivity index (χ3v) is 3.23. The molecule has 14 heavy (non-hydrogen) atoms. The zero-order chi connectivity index (χ0) is 10.8. The molecule has 0 unspecified atom stereocenters. The van der Waals surface area contributed by atoms with E-state index in [1.54, 1.807) is 5.57 Å². The van der Waals surface area contributed by atoms with E-state index < -0.39 is 0 Å². The van der Waals surface area contributed by atoms with E-state index in [1.165, 1.54) is 0 Å². The van der Waals surface area contributed by atoms with Crippen LogP contribution >= 0.6 is 0 Å². The average Bonchev–Trinajstić information content (AvgIpc) is 2.18. The molecule has 0 atom stereocenters. The minimum atomic E-state index is -0.0704. The predicted molar refractivity (Wildman–Crippen MR) is 60.3 cm³/mol. The first-order chi connectivity index (χ1) is 6.47. The molecule has 1 heterocycles. The summed E-state index contributed by atoms with van der Waals surface area (Å²) >= 11 is 0. The molecule has 0 aromatic carbocycles. The minimum absolute atomic E-state index is 0.0704. The van der Waals surface area contributed by atoms with E-state index in [-0.39, 0.29) is 12.1 Å². The molecule has 0 fully saturated rings. The maximum absolute atomic E-state index is 9.26. The van der Waals surface area contributed by atoms with Crippen molar-refractivity contribution in [2.75, 3.05) is 19.7 Å². The van der Waals surface area contributed by atoms with Crippen molar-refractivity contribution in [1.29, 1.82) is 0 Å². The number of aliphatic hydroxyl groups excluding tert-OH is 1. The molecule has 1 rings (SSSR count). The first-order valence-electron chi connectivity index (χ1n) is 5.52. The quantitative estimate of drug-likeness (QED) is 0.700. The first-order valence-corrected chi connectivity index (χ1v) is 5.52. The Kier molecular flexibility index (Phi) is 3.73. The third kappa shape index (κ3) is 2.58. The molecule has 0 radical (unpaired) electrons. The van der Waals surface area contributed by atoms with Crippen molar-refractivity contribution in [3.05, 3.63) is 11.6 Å². The Bertz CT molecular complexity index is 218. The van der Waals surface area contributed by atoms with Gasteiger partial charge in [-0.25, -0.2) is 0 Å². The first kappa shape index (κ1) is 11.7. The molecule has 1 N–H and O–H groups in total. The van der Waals surface area contributed by atoms with Gasteiger partial charge in [-0.1, -0.05) is 25.5 Å². The molecule has 2 heteroatoms. The monoisotopic (exact) mass is 197 g/mol. The van der Waals surface area contributed by atoms with Crippen LogP contribution in [0.15, 0.2) is 11.6 Å². The summed E-state index contributed by atoms with van der Waals surface area (Å²) in [5.74, 6) is 0.675. The number of nitrogens with zero attached hydrogens (tertiary/aromatic N) is 1. The fourth-order valence-corrected chi connectivity index (χ4v) is 1.86. The molecule has 0 bridgehead atoms. The van der Waals surface area contributed by atoms with Gasteiger partial charge in [0.2, 0.25) is 0 Å². The zero-order valence-electron chi connectivity index (χ0n) is 9.88. The Morgan fingerprint density at radius 1 is 1.50 bits per heavy atom. The lowest BCUT2D eigenvalue weighted by atomic mass is 9.94. The lowest BCUT2D eigenvalue weighted by Crippen LogP contribution is -2.48. The second kappa shape index (κ2) is 4.45. The third-order valence-electron chi connectivity index (χ3n) is 3.23. The van der Waals surface area contributed by atoms with Gasteiger partial charge in [0.05, 0.1) is 6.61 Å². The molecular formula is C12H23NO. The van der Waals surface area contributed by atoms with E-state index in [9.17, 15) is 5.11 Å². The molecule has 2 nitrogen and oxygen atoms in total. The fourth-order valence-electron chi connectivity index (χ4n) is 1.86. The van der Waals surface area contributed by atoms with Crippen LogP contribution in [0.4, 0.5) is 0 Å². The van der Waals surface area contributed by atoms with Crippen LogP contribution in [0, 0.1) is 5.92 Å². The molecule has 0 saturated carbocycles. The largest absolute Gasteiger partial charge is 0.394 e. The summed E-state index contributed by atoms with van der Waals surface area (Å²) in [6.07, 6.45) is 3.48. The number of aliphatic hydroxyl groups is 1. The van der Waals surface area contributed by atoms with E-state index >= 15 is 0 Å². The van der Waals surface area contributed by atoms with Gasteiger partial charge in [0, 0.05) is 18.6 Å². The maximum atomic E-state index is 9.26. The van der Waals surface area contributed by atoms with Gasteiger partial charge in [0.15, 0.2) is 0 Å². The second-order valence-corrected chi connectivity index (χ2v) is 5.10. The van der Waals surface area contributed by atoms with E-state index in [1.807, 2.05) is 0 Å². The van der Waals surface area contributed by atoms with Crippen molar-refractivity contribution in [2.45, 2.75) is 39.7 Å². The summed E-state index contributed by atoms with van der Waals surface area (Å²) in [5, 5.41) is 9.26. The highest BCUT2D eigenvalue weighted by Gasteiger charge is 2.27. The minimum Gasteiger partial charge on any atom is -0.394 e. The molecule has 0 aliphatic carbocycles. The van der Waals surface area contributed by atoms with E-state index in [2.05, 4.69) is 38.7 Å². The van der Waals surface area contributed by atoms with Gasteiger partial charge in [0.25, 0.3) is 0 Å². The lowest BCUT2D eigenvalue weighted by molar-refractivity contribution is 0.0631.